The Morgan fingerprint density at radius 2 is 1.00 bits per heavy atom. The van der Waals surface area contributed by atoms with E-state index in [-0.39, 0.29) is 12.6 Å². The second-order valence-electron chi connectivity index (χ2n) is 8.02. The molecule has 0 amide bonds. The minimum atomic E-state index is -0.351. The number of benzene rings is 1. The van der Waals surface area contributed by atoms with Gasteiger partial charge in [-0.05, 0) is 37.1 Å². The molecule has 1 aromatic rings. The van der Waals surface area contributed by atoms with Crippen molar-refractivity contribution in [2.75, 3.05) is 97.8 Å². The predicted molar refractivity (Wildman–Crippen MR) is 140 cm³/mol. The highest BCUT2D eigenvalue weighted by Gasteiger charge is 2.06. The maximum absolute atomic E-state index is 12.1. The molecular formula is C27H47NO8. The predicted octanol–water partition coefficient (Wildman–Crippen LogP) is 3.96. The van der Waals surface area contributed by atoms with E-state index in [0.717, 1.165) is 44.5 Å². The summed E-state index contributed by atoms with van der Waals surface area (Å²) in [6.07, 6.45) is 4.50. The van der Waals surface area contributed by atoms with Crippen LogP contribution in [0, 0.1) is 0 Å². The number of rotatable bonds is 26. The van der Waals surface area contributed by atoms with Gasteiger partial charge in [0.05, 0.1) is 78.2 Å². The van der Waals surface area contributed by atoms with Gasteiger partial charge in [-0.1, -0.05) is 26.7 Å². The third-order valence-corrected chi connectivity index (χ3v) is 4.94. The SMILES string of the molecule is CCCCNc1ccc(C(=O)OCCOCCOCCOCCOCCOCCOCCCC)cc1. The Hall–Kier alpha value is -1.75. The molecule has 0 aromatic heterocycles. The first-order valence-corrected chi connectivity index (χ1v) is 13.3. The fourth-order valence-electron chi connectivity index (χ4n) is 2.86. The smallest absolute Gasteiger partial charge is 0.338 e. The molecule has 9 nitrogen and oxygen atoms in total. The van der Waals surface area contributed by atoms with Crippen molar-refractivity contribution in [3.05, 3.63) is 29.8 Å². The largest absolute Gasteiger partial charge is 0.460 e. The summed E-state index contributed by atoms with van der Waals surface area (Å²) in [6, 6.07) is 7.31. The van der Waals surface area contributed by atoms with Gasteiger partial charge in [0.15, 0.2) is 0 Å². The van der Waals surface area contributed by atoms with Gasteiger partial charge in [0.25, 0.3) is 0 Å². The van der Waals surface area contributed by atoms with Crippen molar-refractivity contribution in [2.24, 2.45) is 0 Å². The van der Waals surface area contributed by atoms with E-state index in [2.05, 4.69) is 19.2 Å². The van der Waals surface area contributed by atoms with E-state index in [4.69, 9.17) is 33.2 Å². The van der Waals surface area contributed by atoms with Crippen molar-refractivity contribution in [1.82, 2.24) is 0 Å². The highest BCUT2D eigenvalue weighted by Crippen LogP contribution is 2.10. The normalized spacial score (nSPS) is 11.1. The summed E-state index contributed by atoms with van der Waals surface area (Å²) in [5.74, 6) is -0.351. The second kappa shape index (κ2) is 24.9. The van der Waals surface area contributed by atoms with E-state index in [0.29, 0.717) is 78.2 Å². The molecule has 208 valence electrons. The molecule has 1 rings (SSSR count). The zero-order chi connectivity index (χ0) is 25.9. The summed E-state index contributed by atoms with van der Waals surface area (Å²) < 4.78 is 37.8. The number of hydrogen-bond donors (Lipinski definition) is 1. The van der Waals surface area contributed by atoms with Gasteiger partial charge >= 0.3 is 5.97 Å². The number of carbonyl (C=O) groups excluding carboxylic acids is 1. The Labute approximate surface area is 217 Å². The summed E-state index contributed by atoms with van der Waals surface area (Å²) >= 11 is 0. The molecule has 0 fully saturated rings. The lowest BCUT2D eigenvalue weighted by Gasteiger charge is -2.09. The topological polar surface area (TPSA) is 93.7 Å². The van der Waals surface area contributed by atoms with Crippen molar-refractivity contribution in [1.29, 1.82) is 0 Å². The molecule has 9 heteroatoms. The van der Waals surface area contributed by atoms with Crippen LogP contribution in [0.2, 0.25) is 0 Å². The molecule has 0 spiro atoms. The van der Waals surface area contributed by atoms with Gasteiger partial charge in [-0.2, -0.15) is 0 Å². The van der Waals surface area contributed by atoms with Crippen LogP contribution in [-0.4, -0.2) is 98.4 Å². The Morgan fingerprint density at radius 1 is 0.583 bits per heavy atom. The van der Waals surface area contributed by atoms with Gasteiger partial charge in [-0.3, -0.25) is 0 Å². The van der Waals surface area contributed by atoms with Crippen LogP contribution in [0.3, 0.4) is 0 Å². The minimum absolute atomic E-state index is 0.205. The van der Waals surface area contributed by atoms with Crippen molar-refractivity contribution >= 4 is 11.7 Å². The summed E-state index contributed by atoms with van der Waals surface area (Å²) in [5.41, 5.74) is 1.53. The fraction of sp³-hybridized carbons (Fsp3) is 0.741. The lowest BCUT2D eigenvalue weighted by Crippen LogP contribution is -2.15. The molecule has 0 atom stereocenters. The van der Waals surface area contributed by atoms with Gasteiger partial charge in [0, 0.05) is 18.8 Å². The van der Waals surface area contributed by atoms with Crippen LogP contribution in [0.25, 0.3) is 0 Å². The Kier molecular flexibility index (Phi) is 22.3. The van der Waals surface area contributed by atoms with Crippen molar-refractivity contribution in [2.45, 2.75) is 39.5 Å². The highest BCUT2D eigenvalue weighted by molar-refractivity contribution is 5.89. The Bertz CT molecular complexity index is 614. The molecule has 36 heavy (non-hydrogen) atoms. The average Bonchev–Trinajstić information content (AvgIpc) is 2.90. The number of unbranched alkanes of at least 4 members (excludes halogenated alkanes) is 2. The molecule has 0 heterocycles. The average molecular weight is 514 g/mol. The molecular weight excluding hydrogens is 466 g/mol. The molecule has 1 N–H and O–H groups in total. The van der Waals surface area contributed by atoms with Gasteiger partial charge < -0.3 is 38.5 Å². The molecule has 0 saturated carbocycles. The van der Waals surface area contributed by atoms with Gasteiger partial charge in [-0.15, -0.1) is 0 Å². The Balaban J connectivity index is 1.80. The molecule has 0 saturated heterocycles. The van der Waals surface area contributed by atoms with Crippen LogP contribution in [0.15, 0.2) is 24.3 Å². The third kappa shape index (κ3) is 19.4. The highest BCUT2D eigenvalue weighted by atomic mass is 16.6. The zero-order valence-corrected chi connectivity index (χ0v) is 22.3. The first-order valence-electron chi connectivity index (χ1n) is 13.3. The summed E-state index contributed by atoms with van der Waals surface area (Å²) in [4.78, 5) is 12.1. The van der Waals surface area contributed by atoms with Crippen molar-refractivity contribution < 1.29 is 38.0 Å². The zero-order valence-electron chi connectivity index (χ0n) is 22.3. The molecule has 0 radical (unpaired) electrons. The first-order chi connectivity index (χ1) is 17.8. The molecule has 1 aromatic carbocycles. The van der Waals surface area contributed by atoms with Crippen molar-refractivity contribution in [3.63, 3.8) is 0 Å². The molecule has 0 aliphatic heterocycles. The first kappa shape index (κ1) is 32.3. The van der Waals surface area contributed by atoms with E-state index < -0.39 is 0 Å². The number of carbonyl (C=O) groups is 1. The monoisotopic (exact) mass is 513 g/mol. The quantitative estimate of drug-likeness (QED) is 0.146. The van der Waals surface area contributed by atoms with E-state index in [9.17, 15) is 4.79 Å². The number of esters is 1. The van der Waals surface area contributed by atoms with Gasteiger partial charge in [-0.25, -0.2) is 4.79 Å². The Morgan fingerprint density at radius 3 is 1.44 bits per heavy atom. The molecule has 0 bridgehead atoms. The lowest BCUT2D eigenvalue weighted by molar-refractivity contribution is -0.0194. The lowest BCUT2D eigenvalue weighted by atomic mass is 10.2. The summed E-state index contributed by atoms with van der Waals surface area (Å²) in [6.45, 7) is 11.8. The fourth-order valence-corrected chi connectivity index (χ4v) is 2.86. The molecule has 0 aliphatic rings. The van der Waals surface area contributed by atoms with Crippen LogP contribution in [-0.2, 0) is 33.2 Å². The van der Waals surface area contributed by atoms with E-state index >= 15 is 0 Å². The van der Waals surface area contributed by atoms with Crippen molar-refractivity contribution in [3.8, 4) is 0 Å². The van der Waals surface area contributed by atoms with Crippen LogP contribution < -0.4 is 5.32 Å². The number of nitrogens with one attached hydrogen (secondary N) is 1. The molecule has 0 unspecified atom stereocenters. The van der Waals surface area contributed by atoms with Crippen LogP contribution in [0.1, 0.15) is 49.9 Å². The van der Waals surface area contributed by atoms with E-state index in [1.807, 2.05) is 12.1 Å². The second-order valence-corrected chi connectivity index (χ2v) is 8.02. The van der Waals surface area contributed by atoms with Crippen LogP contribution >= 0.6 is 0 Å². The number of hydrogen-bond acceptors (Lipinski definition) is 9. The van der Waals surface area contributed by atoms with E-state index in [1.165, 1.54) is 0 Å². The number of anilines is 1. The summed E-state index contributed by atoms with van der Waals surface area (Å²) in [5, 5.41) is 3.32. The standard InChI is InChI=1S/C27H47NO8/c1-3-5-11-28-26-9-7-25(8-10-26)27(29)36-24-23-35-22-21-34-20-19-33-18-17-32-16-15-31-14-13-30-12-6-4-2/h7-10,28H,3-6,11-24H2,1-2H3. The minimum Gasteiger partial charge on any atom is -0.460 e. The van der Waals surface area contributed by atoms with Crippen LogP contribution in [0.5, 0.6) is 0 Å². The van der Waals surface area contributed by atoms with Crippen LogP contribution in [0.4, 0.5) is 5.69 Å². The van der Waals surface area contributed by atoms with E-state index in [1.54, 1.807) is 12.1 Å². The maximum Gasteiger partial charge on any atom is 0.338 e. The number of ether oxygens (including phenoxy) is 7. The summed E-state index contributed by atoms with van der Waals surface area (Å²) in [7, 11) is 0. The third-order valence-electron chi connectivity index (χ3n) is 4.94. The maximum atomic E-state index is 12.1. The molecule has 0 aliphatic carbocycles. The van der Waals surface area contributed by atoms with Gasteiger partial charge in [0.1, 0.15) is 6.61 Å². The van der Waals surface area contributed by atoms with Gasteiger partial charge in [0.2, 0.25) is 0 Å².